The lowest BCUT2D eigenvalue weighted by Gasteiger charge is -2.17. The van der Waals surface area contributed by atoms with Crippen LogP contribution in [0.2, 0.25) is 0 Å². The molecule has 0 fully saturated rings. The van der Waals surface area contributed by atoms with E-state index in [4.69, 9.17) is 23.9 Å². The molecule has 8 heteroatoms. The molecule has 1 aliphatic rings. The standard InChI is InChI=1S/C28H34FN3O4/c1-4-35-26(33)17-22(20-12-14-25(34-3)23(29)16-20)28-32-24(18(2)36-28)10-6-5-9-21-13-11-19-8-7-15-30-27(19)31-21/h11-14,16,22H,4-10,15,17H2,1-3H3,(H,30,31). The van der Waals surface area contributed by atoms with Crippen LogP contribution in [0.25, 0.3) is 0 Å². The van der Waals surface area contributed by atoms with Gasteiger partial charge in [-0.1, -0.05) is 12.1 Å². The lowest BCUT2D eigenvalue weighted by atomic mass is 9.95. The monoisotopic (exact) mass is 495 g/mol. The lowest BCUT2D eigenvalue weighted by molar-refractivity contribution is -0.143. The van der Waals surface area contributed by atoms with Crippen molar-refractivity contribution in [2.75, 3.05) is 25.6 Å². The Hall–Kier alpha value is -3.42. The number of oxazole rings is 1. The number of carbonyl (C=O) groups is 1. The summed E-state index contributed by atoms with van der Waals surface area (Å²) in [6.07, 6.45) is 5.81. The molecule has 7 nitrogen and oxygen atoms in total. The second kappa shape index (κ2) is 12.0. The molecule has 1 atom stereocenters. The van der Waals surface area contributed by atoms with Crippen molar-refractivity contribution < 1.29 is 23.1 Å². The molecule has 1 N–H and O–H groups in total. The van der Waals surface area contributed by atoms with Gasteiger partial charge >= 0.3 is 5.97 Å². The number of nitrogens with zero attached hydrogens (tertiary/aromatic N) is 2. The Morgan fingerprint density at radius 3 is 2.81 bits per heavy atom. The number of nitrogens with one attached hydrogen (secondary N) is 1. The molecule has 0 radical (unpaired) electrons. The van der Waals surface area contributed by atoms with Crippen LogP contribution >= 0.6 is 0 Å². The number of carbonyl (C=O) groups excluding carboxylic acids is 1. The van der Waals surface area contributed by atoms with Crippen LogP contribution in [0, 0.1) is 12.7 Å². The van der Waals surface area contributed by atoms with Gasteiger partial charge in [0, 0.05) is 12.2 Å². The molecule has 3 aromatic rings. The molecule has 0 saturated heterocycles. The van der Waals surface area contributed by atoms with Crippen LogP contribution in [0.1, 0.15) is 72.7 Å². The minimum absolute atomic E-state index is 0.0109. The molecule has 4 rings (SSSR count). The molecular formula is C28H34FN3O4. The quantitative estimate of drug-likeness (QED) is 0.276. The average Bonchev–Trinajstić information content (AvgIpc) is 3.25. The second-order valence-corrected chi connectivity index (χ2v) is 9.06. The first kappa shape index (κ1) is 25.7. The Morgan fingerprint density at radius 1 is 1.19 bits per heavy atom. The van der Waals surface area contributed by atoms with E-state index in [9.17, 15) is 9.18 Å². The third-order valence-corrected chi connectivity index (χ3v) is 6.51. The van der Waals surface area contributed by atoms with Gasteiger partial charge in [-0.25, -0.2) is 14.4 Å². The number of benzene rings is 1. The summed E-state index contributed by atoms with van der Waals surface area (Å²) >= 11 is 0. The van der Waals surface area contributed by atoms with Crippen molar-refractivity contribution in [2.24, 2.45) is 0 Å². The van der Waals surface area contributed by atoms with E-state index in [0.717, 1.165) is 62.3 Å². The molecule has 1 aliphatic heterocycles. The Labute approximate surface area is 211 Å². The Balaban J connectivity index is 1.42. The molecule has 0 aliphatic carbocycles. The molecule has 0 amide bonds. The fourth-order valence-electron chi connectivity index (χ4n) is 4.57. The van der Waals surface area contributed by atoms with Crippen LogP contribution in [-0.4, -0.2) is 36.2 Å². The van der Waals surface area contributed by atoms with Gasteiger partial charge in [-0.3, -0.25) is 4.79 Å². The topological polar surface area (TPSA) is 86.5 Å². The third kappa shape index (κ3) is 6.22. The third-order valence-electron chi connectivity index (χ3n) is 6.51. The number of ether oxygens (including phenoxy) is 2. The number of methoxy groups -OCH3 is 1. The molecule has 192 valence electrons. The van der Waals surface area contributed by atoms with Gasteiger partial charge in [0.1, 0.15) is 11.6 Å². The normalized spacial score (nSPS) is 13.6. The number of anilines is 1. The SMILES string of the molecule is CCOC(=O)CC(c1ccc(OC)c(F)c1)c1nc(CCCCc2ccc3c(n2)NCCC3)c(C)o1. The minimum atomic E-state index is -0.552. The number of aryl methyl sites for hydroxylation is 4. The fraction of sp³-hybridized carbons (Fsp3) is 0.464. The smallest absolute Gasteiger partial charge is 0.306 e. The zero-order valence-electron chi connectivity index (χ0n) is 21.2. The zero-order valence-corrected chi connectivity index (χ0v) is 21.2. The highest BCUT2D eigenvalue weighted by Gasteiger charge is 2.26. The number of pyridine rings is 1. The zero-order chi connectivity index (χ0) is 25.5. The second-order valence-electron chi connectivity index (χ2n) is 9.06. The highest BCUT2D eigenvalue weighted by molar-refractivity contribution is 5.71. The van der Waals surface area contributed by atoms with Crippen molar-refractivity contribution in [3.8, 4) is 5.75 Å². The van der Waals surface area contributed by atoms with Crippen molar-refractivity contribution in [1.82, 2.24) is 9.97 Å². The van der Waals surface area contributed by atoms with Gasteiger partial charge < -0.3 is 19.2 Å². The van der Waals surface area contributed by atoms with Gasteiger partial charge in [0.2, 0.25) is 5.89 Å². The van der Waals surface area contributed by atoms with E-state index >= 15 is 0 Å². The summed E-state index contributed by atoms with van der Waals surface area (Å²) in [6, 6.07) is 8.94. The van der Waals surface area contributed by atoms with Gasteiger partial charge in [-0.2, -0.15) is 0 Å². The number of halogens is 1. The molecule has 2 aromatic heterocycles. The number of hydrogen-bond acceptors (Lipinski definition) is 7. The van der Waals surface area contributed by atoms with E-state index in [1.807, 2.05) is 6.92 Å². The lowest BCUT2D eigenvalue weighted by Crippen LogP contribution is -2.14. The van der Waals surface area contributed by atoms with Gasteiger partial charge in [0.05, 0.1) is 31.7 Å². The maximum atomic E-state index is 14.4. The van der Waals surface area contributed by atoms with Crippen molar-refractivity contribution >= 4 is 11.8 Å². The molecule has 0 spiro atoms. The predicted octanol–water partition coefficient (Wildman–Crippen LogP) is 5.53. The first-order chi connectivity index (χ1) is 17.5. The van der Waals surface area contributed by atoms with Crippen LogP contribution < -0.4 is 10.1 Å². The van der Waals surface area contributed by atoms with Crippen molar-refractivity contribution in [2.45, 2.75) is 64.7 Å². The Morgan fingerprint density at radius 2 is 2.03 bits per heavy atom. The average molecular weight is 496 g/mol. The van der Waals surface area contributed by atoms with E-state index in [-0.39, 0.29) is 24.7 Å². The molecule has 1 unspecified atom stereocenters. The Kier molecular flexibility index (Phi) is 8.57. The first-order valence-corrected chi connectivity index (χ1v) is 12.7. The number of aromatic nitrogens is 2. The predicted molar refractivity (Wildman–Crippen MR) is 135 cm³/mol. The van der Waals surface area contributed by atoms with Crippen LogP contribution in [0.3, 0.4) is 0 Å². The van der Waals surface area contributed by atoms with Crippen LogP contribution in [0.5, 0.6) is 5.75 Å². The van der Waals surface area contributed by atoms with Crippen LogP contribution in [0.4, 0.5) is 10.2 Å². The number of esters is 1. The highest BCUT2D eigenvalue weighted by atomic mass is 19.1. The fourth-order valence-corrected chi connectivity index (χ4v) is 4.57. The summed E-state index contributed by atoms with van der Waals surface area (Å²) in [7, 11) is 1.41. The molecule has 0 bridgehead atoms. The maximum absolute atomic E-state index is 14.4. The summed E-state index contributed by atoms with van der Waals surface area (Å²) in [5.74, 6) is 0.831. The summed E-state index contributed by atoms with van der Waals surface area (Å²) < 4.78 is 30.6. The van der Waals surface area contributed by atoms with E-state index in [1.54, 1.807) is 19.1 Å². The molecule has 0 saturated carbocycles. The van der Waals surface area contributed by atoms with Crippen LogP contribution in [-0.2, 0) is 28.8 Å². The van der Waals surface area contributed by atoms with E-state index < -0.39 is 11.7 Å². The highest BCUT2D eigenvalue weighted by Crippen LogP contribution is 2.32. The van der Waals surface area contributed by atoms with E-state index in [1.165, 1.54) is 18.7 Å². The van der Waals surface area contributed by atoms with Gasteiger partial charge in [0.25, 0.3) is 0 Å². The van der Waals surface area contributed by atoms with E-state index in [2.05, 4.69) is 17.4 Å². The Bertz CT molecular complexity index is 1190. The number of hydrogen-bond donors (Lipinski definition) is 1. The number of fused-ring (bicyclic) bond motifs is 1. The summed E-state index contributed by atoms with van der Waals surface area (Å²) in [5, 5.41) is 3.39. The van der Waals surface area contributed by atoms with Gasteiger partial charge in [-0.05, 0) is 81.7 Å². The minimum Gasteiger partial charge on any atom is -0.494 e. The molecule has 36 heavy (non-hydrogen) atoms. The van der Waals surface area contributed by atoms with Crippen molar-refractivity contribution in [3.05, 3.63) is 70.3 Å². The number of rotatable bonds is 11. The molecular weight excluding hydrogens is 461 g/mol. The largest absolute Gasteiger partial charge is 0.494 e. The summed E-state index contributed by atoms with van der Waals surface area (Å²) in [4.78, 5) is 21.8. The van der Waals surface area contributed by atoms with E-state index in [0.29, 0.717) is 17.2 Å². The summed E-state index contributed by atoms with van der Waals surface area (Å²) in [6.45, 7) is 4.88. The van der Waals surface area contributed by atoms with Crippen molar-refractivity contribution in [1.29, 1.82) is 0 Å². The van der Waals surface area contributed by atoms with Crippen LogP contribution in [0.15, 0.2) is 34.7 Å². The first-order valence-electron chi connectivity index (χ1n) is 12.7. The van der Waals surface area contributed by atoms with Crippen molar-refractivity contribution in [3.63, 3.8) is 0 Å². The van der Waals surface area contributed by atoms with Gasteiger partial charge in [0.15, 0.2) is 11.6 Å². The maximum Gasteiger partial charge on any atom is 0.306 e. The summed E-state index contributed by atoms with van der Waals surface area (Å²) in [5.41, 5.74) is 3.83. The molecule has 3 heterocycles. The number of unbranched alkanes of at least 4 members (excludes halogenated alkanes) is 1. The van der Waals surface area contributed by atoms with Gasteiger partial charge in [-0.15, -0.1) is 0 Å². The molecule has 1 aromatic carbocycles.